The van der Waals surface area contributed by atoms with Gasteiger partial charge in [0.2, 0.25) is 5.91 Å². The largest absolute Gasteiger partial charge is 0.356 e. The second-order valence-corrected chi connectivity index (χ2v) is 7.33. The van der Waals surface area contributed by atoms with Gasteiger partial charge >= 0.3 is 0 Å². The van der Waals surface area contributed by atoms with Crippen molar-refractivity contribution in [1.82, 2.24) is 25.3 Å². The van der Waals surface area contributed by atoms with Crippen LogP contribution in [-0.4, -0.2) is 66.2 Å². The standard InChI is InChI=1S/C19H30N6O2/c1-4-14-17-18(25-11-6-5-7-12-25)21-15(22-19(17)27-23-14)8-9-16(26)20-10-13-24(2)3/h4-13H2,1-3H3,(H,20,26). The summed E-state index contributed by atoms with van der Waals surface area (Å²) in [6.45, 7) is 5.51. The highest BCUT2D eigenvalue weighted by Crippen LogP contribution is 2.29. The van der Waals surface area contributed by atoms with Gasteiger partial charge in [0.1, 0.15) is 17.0 Å². The number of aryl methyl sites for hydroxylation is 2. The number of carbonyl (C=O) groups excluding carboxylic acids is 1. The highest BCUT2D eigenvalue weighted by Gasteiger charge is 2.22. The second-order valence-electron chi connectivity index (χ2n) is 7.33. The molecule has 1 fully saturated rings. The van der Waals surface area contributed by atoms with Gasteiger partial charge in [-0.05, 0) is 39.8 Å². The van der Waals surface area contributed by atoms with Crippen molar-refractivity contribution in [3.05, 3.63) is 11.5 Å². The molecular weight excluding hydrogens is 344 g/mol. The summed E-state index contributed by atoms with van der Waals surface area (Å²) >= 11 is 0. The monoisotopic (exact) mass is 374 g/mol. The fourth-order valence-electron chi connectivity index (χ4n) is 3.35. The van der Waals surface area contributed by atoms with E-state index in [1.165, 1.54) is 19.3 Å². The van der Waals surface area contributed by atoms with E-state index in [0.29, 0.717) is 30.9 Å². The van der Waals surface area contributed by atoms with E-state index >= 15 is 0 Å². The van der Waals surface area contributed by atoms with Gasteiger partial charge in [0.05, 0.1) is 5.69 Å². The number of piperidine rings is 1. The molecule has 1 aliphatic heterocycles. The lowest BCUT2D eigenvalue weighted by molar-refractivity contribution is -0.121. The van der Waals surface area contributed by atoms with Crippen molar-refractivity contribution in [3.8, 4) is 0 Å². The third kappa shape index (κ3) is 4.94. The van der Waals surface area contributed by atoms with E-state index in [0.717, 1.165) is 43.0 Å². The molecule has 8 heteroatoms. The molecule has 148 valence electrons. The highest BCUT2D eigenvalue weighted by atomic mass is 16.5. The normalized spacial score (nSPS) is 14.9. The fraction of sp³-hybridized carbons (Fsp3) is 0.684. The van der Waals surface area contributed by atoms with E-state index in [1.807, 2.05) is 19.0 Å². The average molecular weight is 374 g/mol. The second kappa shape index (κ2) is 9.12. The van der Waals surface area contributed by atoms with Crippen molar-refractivity contribution in [1.29, 1.82) is 0 Å². The number of carbonyl (C=O) groups is 1. The predicted molar refractivity (Wildman–Crippen MR) is 105 cm³/mol. The molecule has 0 bridgehead atoms. The Morgan fingerprint density at radius 3 is 2.70 bits per heavy atom. The minimum Gasteiger partial charge on any atom is -0.356 e. The Labute approximate surface area is 160 Å². The SMILES string of the molecule is CCc1noc2nc(CCC(=O)NCCN(C)C)nc(N3CCCCC3)c12. The first-order chi connectivity index (χ1) is 13.1. The molecule has 0 spiro atoms. The minimum atomic E-state index is 0.0203. The zero-order valence-electron chi connectivity index (χ0n) is 16.6. The number of rotatable bonds is 8. The third-order valence-electron chi connectivity index (χ3n) is 4.88. The van der Waals surface area contributed by atoms with E-state index in [9.17, 15) is 4.79 Å². The molecule has 3 rings (SSSR count). The van der Waals surface area contributed by atoms with Crippen molar-refractivity contribution < 1.29 is 9.32 Å². The van der Waals surface area contributed by atoms with E-state index in [1.54, 1.807) is 0 Å². The molecule has 0 unspecified atom stereocenters. The summed E-state index contributed by atoms with van der Waals surface area (Å²) < 4.78 is 5.48. The Morgan fingerprint density at radius 2 is 2.00 bits per heavy atom. The molecule has 1 aliphatic rings. The molecule has 1 saturated heterocycles. The van der Waals surface area contributed by atoms with Gasteiger partial charge in [-0.15, -0.1) is 0 Å². The molecule has 1 amide bonds. The van der Waals surface area contributed by atoms with Crippen molar-refractivity contribution in [2.45, 2.75) is 45.4 Å². The van der Waals surface area contributed by atoms with Crippen LogP contribution in [0.1, 0.15) is 44.1 Å². The van der Waals surface area contributed by atoms with Gasteiger partial charge in [0, 0.05) is 39.0 Å². The zero-order valence-corrected chi connectivity index (χ0v) is 16.6. The Bertz CT molecular complexity index is 767. The molecule has 2 aromatic heterocycles. The molecule has 0 atom stereocenters. The fourth-order valence-corrected chi connectivity index (χ4v) is 3.35. The first-order valence-corrected chi connectivity index (χ1v) is 9.90. The summed E-state index contributed by atoms with van der Waals surface area (Å²) in [6.07, 6.45) is 5.24. The lowest BCUT2D eigenvalue weighted by atomic mass is 10.1. The van der Waals surface area contributed by atoms with E-state index in [2.05, 4.69) is 27.3 Å². The van der Waals surface area contributed by atoms with Crippen LogP contribution >= 0.6 is 0 Å². The van der Waals surface area contributed by atoms with Gasteiger partial charge in [0.15, 0.2) is 0 Å². The molecule has 3 heterocycles. The molecule has 0 radical (unpaired) electrons. The van der Waals surface area contributed by atoms with Gasteiger partial charge < -0.3 is 19.6 Å². The van der Waals surface area contributed by atoms with Crippen LogP contribution in [0.5, 0.6) is 0 Å². The van der Waals surface area contributed by atoms with E-state index < -0.39 is 0 Å². The molecule has 2 aromatic rings. The smallest absolute Gasteiger partial charge is 0.263 e. The van der Waals surface area contributed by atoms with Gasteiger partial charge in [-0.1, -0.05) is 12.1 Å². The number of fused-ring (bicyclic) bond motifs is 1. The number of nitrogens with one attached hydrogen (secondary N) is 1. The van der Waals surface area contributed by atoms with Crippen LogP contribution in [0.4, 0.5) is 5.82 Å². The summed E-state index contributed by atoms with van der Waals surface area (Å²) in [4.78, 5) is 25.8. The maximum absolute atomic E-state index is 12.1. The molecular formula is C19H30N6O2. The Balaban J connectivity index is 1.75. The number of hydrogen-bond donors (Lipinski definition) is 1. The molecule has 8 nitrogen and oxygen atoms in total. The van der Waals surface area contributed by atoms with Crippen LogP contribution in [-0.2, 0) is 17.6 Å². The molecule has 0 saturated carbocycles. The number of nitrogens with zero attached hydrogens (tertiary/aromatic N) is 5. The van der Waals surface area contributed by atoms with E-state index in [4.69, 9.17) is 9.51 Å². The Kier molecular flexibility index (Phi) is 6.60. The molecule has 1 N–H and O–H groups in total. The number of amides is 1. The maximum Gasteiger partial charge on any atom is 0.263 e. The maximum atomic E-state index is 12.1. The number of likely N-dealkylation sites (N-methyl/N-ethyl adjacent to an activating group) is 1. The lowest BCUT2D eigenvalue weighted by Crippen LogP contribution is -2.32. The van der Waals surface area contributed by atoms with Crippen LogP contribution in [0, 0.1) is 0 Å². The first-order valence-electron chi connectivity index (χ1n) is 9.90. The Hall–Kier alpha value is -2.22. The number of aromatic nitrogens is 3. The molecule has 0 aromatic carbocycles. The van der Waals surface area contributed by atoms with Gasteiger partial charge in [0.25, 0.3) is 5.71 Å². The zero-order chi connectivity index (χ0) is 19.2. The van der Waals surface area contributed by atoms with E-state index in [-0.39, 0.29) is 5.91 Å². The summed E-state index contributed by atoms with van der Waals surface area (Å²) in [7, 11) is 3.97. The van der Waals surface area contributed by atoms with Gasteiger partial charge in [-0.3, -0.25) is 4.79 Å². The van der Waals surface area contributed by atoms with Crippen molar-refractivity contribution in [2.75, 3.05) is 45.2 Å². The van der Waals surface area contributed by atoms with Crippen LogP contribution in [0.2, 0.25) is 0 Å². The lowest BCUT2D eigenvalue weighted by Gasteiger charge is -2.28. The van der Waals surface area contributed by atoms with Gasteiger partial charge in [-0.25, -0.2) is 4.98 Å². The average Bonchev–Trinajstić information content (AvgIpc) is 3.09. The summed E-state index contributed by atoms with van der Waals surface area (Å²) in [5.74, 6) is 1.58. The molecule has 27 heavy (non-hydrogen) atoms. The predicted octanol–water partition coefficient (Wildman–Crippen LogP) is 1.78. The minimum absolute atomic E-state index is 0.0203. The highest BCUT2D eigenvalue weighted by molar-refractivity contribution is 5.88. The Morgan fingerprint density at radius 1 is 1.22 bits per heavy atom. The van der Waals surface area contributed by atoms with Crippen molar-refractivity contribution >= 4 is 22.8 Å². The van der Waals surface area contributed by atoms with Crippen molar-refractivity contribution in [3.63, 3.8) is 0 Å². The van der Waals surface area contributed by atoms with Crippen LogP contribution < -0.4 is 10.2 Å². The van der Waals surface area contributed by atoms with Crippen LogP contribution in [0.3, 0.4) is 0 Å². The van der Waals surface area contributed by atoms with Crippen LogP contribution in [0.15, 0.2) is 4.52 Å². The quantitative estimate of drug-likeness (QED) is 0.753. The number of hydrogen-bond acceptors (Lipinski definition) is 7. The third-order valence-corrected chi connectivity index (χ3v) is 4.88. The molecule has 0 aliphatic carbocycles. The number of anilines is 1. The summed E-state index contributed by atoms with van der Waals surface area (Å²) in [6, 6.07) is 0. The van der Waals surface area contributed by atoms with Gasteiger partial charge in [-0.2, -0.15) is 4.98 Å². The summed E-state index contributed by atoms with van der Waals surface area (Å²) in [5, 5.41) is 8.03. The van der Waals surface area contributed by atoms with Crippen LogP contribution in [0.25, 0.3) is 11.1 Å². The first kappa shape index (κ1) is 19.5. The summed E-state index contributed by atoms with van der Waals surface area (Å²) in [5.41, 5.74) is 1.43. The topological polar surface area (TPSA) is 87.4 Å². The van der Waals surface area contributed by atoms with Crippen molar-refractivity contribution in [2.24, 2.45) is 0 Å².